The molecule has 0 spiro atoms. The van der Waals surface area contributed by atoms with E-state index in [0.29, 0.717) is 17.9 Å². The Balaban J connectivity index is 1.49. The molecule has 0 N–H and O–H groups in total. The van der Waals surface area contributed by atoms with Crippen LogP contribution in [0.3, 0.4) is 0 Å². The lowest BCUT2D eigenvalue weighted by Gasteiger charge is -2.07. The maximum absolute atomic E-state index is 12.1. The minimum atomic E-state index is -0.370. The number of hydrogen-bond donors (Lipinski definition) is 0. The van der Waals surface area contributed by atoms with Gasteiger partial charge in [0, 0.05) is 0 Å². The summed E-state index contributed by atoms with van der Waals surface area (Å²) in [5.74, 6) is 1.04. The van der Waals surface area contributed by atoms with Crippen LogP contribution >= 0.6 is 0 Å². The van der Waals surface area contributed by atoms with Crippen LogP contribution in [0.5, 0.6) is 5.75 Å². The minimum absolute atomic E-state index is 0.220. The van der Waals surface area contributed by atoms with Gasteiger partial charge in [0.1, 0.15) is 24.7 Å². The van der Waals surface area contributed by atoms with E-state index < -0.39 is 0 Å². The Bertz CT molecular complexity index is 892. The Morgan fingerprint density at radius 3 is 2.48 bits per heavy atom. The molecule has 0 fully saturated rings. The topological polar surface area (TPSA) is 61.6 Å². The van der Waals surface area contributed by atoms with Gasteiger partial charge in [-0.05, 0) is 49.8 Å². The SMILES string of the molecule is Cc1noc(C)c1COc1ccc(C(=O)OC/C=C/c2ccccc2)cc1. The zero-order valence-electron chi connectivity index (χ0n) is 15.3. The van der Waals surface area contributed by atoms with E-state index in [1.165, 1.54) is 0 Å². The molecule has 1 aromatic heterocycles. The average Bonchev–Trinajstić information content (AvgIpc) is 3.02. The molecule has 5 nitrogen and oxygen atoms in total. The summed E-state index contributed by atoms with van der Waals surface area (Å²) in [6.07, 6.45) is 3.73. The van der Waals surface area contributed by atoms with Crippen molar-refractivity contribution >= 4 is 12.0 Å². The van der Waals surface area contributed by atoms with Crippen LogP contribution in [0.25, 0.3) is 6.08 Å². The molecule has 0 radical (unpaired) electrons. The second kappa shape index (κ2) is 8.85. The molecule has 0 amide bonds. The number of rotatable bonds is 7. The van der Waals surface area contributed by atoms with Gasteiger partial charge < -0.3 is 14.0 Å². The fourth-order valence-electron chi connectivity index (χ4n) is 2.51. The lowest BCUT2D eigenvalue weighted by Crippen LogP contribution is -2.05. The minimum Gasteiger partial charge on any atom is -0.489 e. The Kier molecular flexibility index (Phi) is 6.05. The lowest BCUT2D eigenvalue weighted by atomic mass is 10.2. The Morgan fingerprint density at radius 1 is 1.07 bits per heavy atom. The number of esters is 1. The van der Waals surface area contributed by atoms with Crippen molar-refractivity contribution in [3.8, 4) is 5.75 Å². The monoisotopic (exact) mass is 363 g/mol. The highest BCUT2D eigenvalue weighted by molar-refractivity contribution is 5.89. The summed E-state index contributed by atoms with van der Waals surface area (Å²) in [5, 5.41) is 3.90. The first kappa shape index (κ1) is 18.5. The van der Waals surface area contributed by atoms with E-state index in [2.05, 4.69) is 5.16 Å². The van der Waals surface area contributed by atoms with Gasteiger partial charge in [-0.2, -0.15) is 0 Å². The number of aryl methyl sites for hydroxylation is 2. The fourth-order valence-corrected chi connectivity index (χ4v) is 2.51. The molecule has 0 atom stereocenters. The standard InChI is InChI=1S/C22H21NO4/c1-16-21(17(2)27-23-16)15-26-20-12-10-19(11-13-20)22(24)25-14-6-9-18-7-4-3-5-8-18/h3-13H,14-15H2,1-2H3/b9-6+. The summed E-state index contributed by atoms with van der Waals surface area (Å²) in [6.45, 7) is 4.32. The van der Waals surface area contributed by atoms with Gasteiger partial charge in [0.05, 0.1) is 16.8 Å². The third kappa shape index (κ3) is 5.07. The highest BCUT2D eigenvalue weighted by Gasteiger charge is 2.10. The molecular formula is C22H21NO4. The van der Waals surface area contributed by atoms with E-state index in [0.717, 1.165) is 22.6 Å². The molecule has 2 aromatic carbocycles. The van der Waals surface area contributed by atoms with Crippen molar-refractivity contribution in [1.82, 2.24) is 5.16 Å². The van der Waals surface area contributed by atoms with E-state index in [1.54, 1.807) is 24.3 Å². The summed E-state index contributed by atoms with van der Waals surface area (Å²) >= 11 is 0. The molecule has 0 unspecified atom stereocenters. The van der Waals surface area contributed by atoms with Crippen molar-refractivity contribution in [2.75, 3.05) is 6.61 Å². The van der Waals surface area contributed by atoms with Crippen LogP contribution in [0, 0.1) is 13.8 Å². The molecule has 138 valence electrons. The van der Waals surface area contributed by atoms with Crippen molar-refractivity contribution in [2.24, 2.45) is 0 Å². The molecule has 0 saturated heterocycles. The van der Waals surface area contributed by atoms with Crippen LogP contribution in [0.1, 0.15) is 32.9 Å². The maximum Gasteiger partial charge on any atom is 0.338 e. The number of aromatic nitrogens is 1. The van der Waals surface area contributed by atoms with Crippen LogP contribution in [0.15, 0.2) is 65.2 Å². The number of carbonyl (C=O) groups is 1. The molecule has 3 aromatic rings. The van der Waals surface area contributed by atoms with Gasteiger partial charge in [-0.15, -0.1) is 0 Å². The van der Waals surface area contributed by atoms with Gasteiger partial charge in [0.15, 0.2) is 0 Å². The lowest BCUT2D eigenvalue weighted by molar-refractivity contribution is 0.0550. The van der Waals surface area contributed by atoms with E-state index in [-0.39, 0.29) is 12.6 Å². The molecule has 0 saturated carbocycles. The van der Waals surface area contributed by atoms with Crippen LogP contribution in [0.4, 0.5) is 0 Å². The number of hydrogen-bond acceptors (Lipinski definition) is 5. The summed E-state index contributed by atoms with van der Waals surface area (Å²) in [4.78, 5) is 12.1. The molecule has 5 heteroatoms. The molecule has 3 rings (SSSR count). The smallest absolute Gasteiger partial charge is 0.338 e. The number of benzene rings is 2. The second-order valence-corrected chi connectivity index (χ2v) is 6.03. The zero-order chi connectivity index (χ0) is 19.1. The Hall–Kier alpha value is -3.34. The van der Waals surface area contributed by atoms with Gasteiger partial charge in [0.25, 0.3) is 0 Å². The maximum atomic E-state index is 12.1. The summed E-state index contributed by atoms with van der Waals surface area (Å²) in [5.41, 5.74) is 3.29. The number of nitrogens with zero attached hydrogens (tertiary/aromatic N) is 1. The highest BCUT2D eigenvalue weighted by Crippen LogP contribution is 2.18. The largest absolute Gasteiger partial charge is 0.489 e. The van der Waals surface area contributed by atoms with Gasteiger partial charge in [0.2, 0.25) is 0 Å². The molecule has 0 bridgehead atoms. The first-order valence-corrected chi connectivity index (χ1v) is 8.67. The number of carbonyl (C=O) groups excluding carboxylic acids is 1. The van der Waals surface area contributed by atoms with Crippen molar-refractivity contribution in [3.63, 3.8) is 0 Å². The normalized spacial score (nSPS) is 10.9. The van der Waals surface area contributed by atoms with Crippen molar-refractivity contribution in [1.29, 1.82) is 0 Å². The van der Waals surface area contributed by atoms with Crippen LogP contribution in [-0.2, 0) is 11.3 Å². The number of ether oxygens (including phenoxy) is 2. The first-order valence-electron chi connectivity index (χ1n) is 8.67. The van der Waals surface area contributed by atoms with Crippen LogP contribution in [-0.4, -0.2) is 17.7 Å². The van der Waals surface area contributed by atoms with Gasteiger partial charge >= 0.3 is 5.97 Å². The van der Waals surface area contributed by atoms with E-state index in [1.807, 2.05) is 56.3 Å². The quantitative estimate of drug-likeness (QED) is 0.567. The van der Waals surface area contributed by atoms with Gasteiger partial charge in [-0.25, -0.2) is 4.79 Å². The predicted octanol–water partition coefficient (Wildman–Crippen LogP) is 4.74. The van der Waals surface area contributed by atoms with Crippen molar-refractivity contribution in [3.05, 3.63) is 88.8 Å². The summed E-state index contributed by atoms with van der Waals surface area (Å²) in [7, 11) is 0. The molecule has 27 heavy (non-hydrogen) atoms. The first-order chi connectivity index (χ1) is 13.1. The third-order valence-electron chi connectivity index (χ3n) is 4.07. The van der Waals surface area contributed by atoms with Crippen LogP contribution < -0.4 is 4.74 Å². The predicted molar refractivity (Wildman–Crippen MR) is 103 cm³/mol. The highest BCUT2D eigenvalue weighted by atomic mass is 16.5. The van der Waals surface area contributed by atoms with Gasteiger partial charge in [-0.1, -0.05) is 41.6 Å². The summed E-state index contributed by atoms with van der Waals surface area (Å²) < 4.78 is 16.1. The average molecular weight is 363 g/mol. The van der Waals surface area contributed by atoms with E-state index in [4.69, 9.17) is 14.0 Å². The fraction of sp³-hybridized carbons (Fsp3) is 0.182. The van der Waals surface area contributed by atoms with Crippen molar-refractivity contribution < 1.29 is 18.8 Å². The molecule has 0 aliphatic heterocycles. The van der Waals surface area contributed by atoms with Crippen molar-refractivity contribution in [2.45, 2.75) is 20.5 Å². The van der Waals surface area contributed by atoms with Gasteiger partial charge in [-0.3, -0.25) is 0 Å². The Labute approximate surface area is 158 Å². The van der Waals surface area contributed by atoms with Crippen LogP contribution in [0.2, 0.25) is 0 Å². The summed E-state index contributed by atoms with van der Waals surface area (Å²) in [6, 6.07) is 16.7. The van der Waals surface area contributed by atoms with E-state index >= 15 is 0 Å². The molecule has 1 heterocycles. The Morgan fingerprint density at radius 2 is 1.81 bits per heavy atom. The zero-order valence-corrected chi connectivity index (χ0v) is 15.3. The third-order valence-corrected chi connectivity index (χ3v) is 4.07. The van der Waals surface area contributed by atoms with E-state index in [9.17, 15) is 4.79 Å². The molecule has 0 aliphatic carbocycles. The molecule has 0 aliphatic rings. The molecular weight excluding hydrogens is 342 g/mol. The second-order valence-electron chi connectivity index (χ2n) is 6.03.